The highest BCUT2D eigenvalue weighted by molar-refractivity contribution is 7.92. The van der Waals surface area contributed by atoms with Crippen molar-refractivity contribution in [3.05, 3.63) is 56.3 Å². The topological polar surface area (TPSA) is 81.2 Å². The first-order chi connectivity index (χ1) is 17.3. The predicted molar refractivity (Wildman–Crippen MR) is 147 cm³/mol. The zero-order valence-corrected chi connectivity index (χ0v) is 24.0. The van der Waals surface area contributed by atoms with E-state index in [0.29, 0.717) is 22.9 Å². The van der Waals surface area contributed by atoms with E-state index in [1.54, 1.807) is 33.2 Å². The van der Waals surface area contributed by atoms with E-state index >= 15 is 0 Å². The van der Waals surface area contributed by atoms with E-state index in [1.807, 2.05) is 19.0 Å². The van der Waals surface area contributed by atoms with Crippen LogP contribution in [0.2, 0.25) is 4.34 Å². The quantitative estimate of drug-likeness (QED) is 0.431. The smallest absolute Gasteiger partial charge is 0.253 e. The number of hydrogen-bond donors (Lipinski definition) is 0. The second-order valence-corrected chi connectivity index (χ2v) is 12.8. The van der Waals surface area contributed by atoms with Crippen LogP contribution in [0.3, 0.4) is 0 Å². The van der Waals surface area contributed by atoms with Crippen molar-refractivity contribution in [2.45, 2.75) is 25.8 Å². The molecule has 0 aliphatic carbocycles. The first-order valence-electron chi connectivity index (χ1n) is 11.7. The van der Waals surface area contributed by atoms with Gasteiger partial charge in [-0.3, -0.25) is 9.59 Å². The number of nitrogens with zero attached hydrogens (tertiary/aromatic N) is 4. The summed E-state index contributed by atoms with van der Waals surface area (Å²) in [6, 6.07) is 6.44. The fourth-order valence-corrected chi connectivity index (χ4v) is 6.90. The van der Waals surface area contributed by atoms with Crippen molar-refractivity contribution >= 4 is 56.0 Å². The second kappa shape index (κ2) is 12.0. The van der Waals surface area contributed by atoms with Crippen LogP contribution in [0, 0.1) is 5.82 Å². The number of amides is 2. The molecule has 1 aliphatic heterocycles. The first-order valence-corrected chi connectivity index (χ1v) is 14.4. The van der Waals surface area contributed by atoms with Gasteiger partial charge in [-0.05, 0) is 76.3 Å². The Bertz CT molecular complexity index is 1290. The molecule has 8 nitrogen and oxygen atoms in total. The van der Waals surface area contributed by atoms with E-state index in [-0.39, 0.29) is 36.7 Å². The molecule has 3 rings (SSSR count). The number of halogens is 2. The minimum atomic E-state index is -3.99. The molecule has 1 fully saturated rings. The molecule has 0 radical (unpaired) electrons. The number of rotatable bonds is 10. The van der Waals surface area contributed by atoms with E-state index in [2.05, 4.69) is 0 Å². The van der Waals surface area contributed by atoms with Gasteiger partial charge in [0.05, 0.1) is 15.4 Å². The Kier molecular flexibility index (Phi) is 9.52. The van der Waals surface area contributed by atoms with Gasteiger partial charge >= 0.3 is 0 Å². The van der Waals surface area contributed by atoms with Crippen molar-refractivity contribution in [2.75, 3.05) is 52.7 Å². The molecule has 202 valence electrons. The zero-order chi connectivity index (χ0) is 27.5. The molecule has 1 atom stereocenters. The van der Waals surface area contributed by atoms with Gasteiger partial charge in [-0.1, -0.05) is 11.6 Å². The summed E-state index contributed by atoms with van der Waals surface area (Å²) >= 11 is 7.28. The summed E-state index contributed by atoms with van der Waals surface area (Å²) in [5.74, 6) is -1.57. The van der Waals surface area contributed by atoms with Gasteiger partial charge in [-0.15, -0.1) is 11.3 Å². The molecule has 1 aromatic carbocycles. The molecule has 12 heteroatoms. The average molecular weight is 571 g/mol. The van der Waals surface area contributed by atoms with Crippen LogP contribution >= 0.6 is 22.9 Å². The number of carbonyl (C=O) groups is 2. The van der Waals surface area contributed by atoms with Crippen molar-refractivity contribution in [3.63, 3.8) is 0 Å². The van der Waals surface area contributed by atoms with Crippen LogP contribution in [0.1, 0.15) is 35.0 Å². The van der Waals surface area contributed by atoms with Crippen LogP contribution in [-0.2, 0) is 14.8 Å². The van der Waals surface area contributed by atoms with Gasteiger partial charge in [0.25, 0.3) is 5.91 Å². The lowest BCUT2D eigenvalue weighted by Gasteiger charge is -2.27. The highest BCUT2D eigenvalue weighted by Gasteiger charge is 2.42. The lowest BCUT2D eigenvalue weighted by molar-refractivity contribution is -0.120. The molecule has 2 aromatic rings. The molecule has 0 bridgehead atoms. The van der Waals surface area contributed by atoms with Crippen LogP contribution < -0.4 is 4.90 Å². The molecule has 2 heterocycles. The third-order valence-corrected chi connectivity index (χ3v) is 9.12. The average Bonchev–Trinajstić information content (AvgIpc) is 3.41. The van der Waals surface area contributed by atoms with Gasteiger partial charge in [-0.2, -0.15) is 4.31 Å². The minimum Gasteiger partial charge on any atom is -0.345 e. The summed E-state index contributed by atoms with van der Waals surface area (Å²) in [4.78, 5) is 30.9. The molecule has 0 N–H and O–H groups in total. The molecule has 1 aliphatic rings. The number of benzene rings is 1. The number of carbonyl (C=O) groups excluding carboxylic acids is 2. The van der Waals surface area contributed by atoms with E-state index < -0.39 is 27.8 Å². The maximum absolute atomic E-state index is 15.0. The van der Waals surface area contributed by atoms with Crippen LogP contribution in [0.4, 0.5) is 10.1 Å². The lowest BCUT2D eigenvalue weighted by atomic mass is 10.1. The van der Waals surface area contributed by atoms with Gasteiger partial charge < -0.3 is 14.7 Å². The van der Waals surface area contributed by atoms with Gasteiger partial charge in [0, 0.05) is 37.6 Å². The first kappa shape index (κ1) is 29.2. The largest absolute Gasteiger partial charge is 0.345 e. The Balaban J connectivity index is 1.90. The standard InChI is InChI=1S/C25H32ClFN4O4S2/c1-17(22-9-10-23(26)36-22)16-37(34,35)31(13-6-12-28(2)3)21-11-14-30(25(21)33)20-8-7-18(15-19(20)27)24(32)29(4)5/h7-10,15-16,21H,6,11-14H2,1-5H3/b17-16-. The lowest BCUT2D eigenvalue weighted by Crippen LogP contribution is -2.45. The summed E-state index contributed by atoms with van der Waals surface area (Å²) in [6.45, 7) is 2.62. The zero-order valence-electron chi connectivity index (χ0n) is 21.6. The van der Waals surface area contributed by atoms with Crippen molar-refractivity contribution in [1.82, 2.24) is 14.1 Å². The highest BCUT2D eigenvalue weighted by Crippen LogP contribution is 2.32. The van der Waals surface area contributed by atoms with E-state index in [4.69, 9.17) is 11.6 Å². The van der Waals surface area contributed by atoms with Gasteiger partial charge in [-0.25, -0.2) is 12.8 Å². The molecule has 2 amide bonds. The van der Waals surface area contributed by atoms with Crippen molar-refractivity contribution in [2.24, 2.45) is 0 Å². The fraction of sp³-hybridized carbons (Fsp3) is 0.440. The van der Waals surface area contributed by atoms with Gasteiger partial charge in [0.1, 0.15) is 11.9 Å². The van der Waals surface area contributed by atoms with Gasteiger partial charge in [0.2, 0.25) is 15.9 Å². The highest BCUT2D eigenvalue weighted by atomic mass is 35.5. The third-order valence-electron chi connectivity index (χ3n) is 6.01. The Morgan fingerprint density at radius 1 is 1.19 bits per heavy atom. The van der Waals surface area contributed by atoms with Crippen molar-refractivity contribution in [3.8, 4) is 0 Å². The summed E-state index contributed by atoms with van der Waals surface area (Å²) in [5.41, 5.74) is 0.703. The maximum Gasteiger partial charge on any atom is 0.253 e. The number of allylic oxidation sites excluding steroid dienone is 1. The molecular weight excluding hydrogens is 539 g/mol. The predicted octanol–water partition coefficient (Wildman–Crippen LogP) is 3.99. The molecule has 0 saturated carbocycles. The Morgan fingerprint density at radius 3 is 2.46 bits per heavy atom. The summed E-state index contributed by atoms with van der Waals surface area (Å²) in [6.07, 6.45) is 0.735. The Morgan fingerprint density at radius 2 is 1.89 bits per heavy atom. The summed E-state index contributed by atoms with van der Waals surface area (Å²) in [5, 5.41) is 1.17. The van der Waals surface area contributed by atoms with E-state index in [9.17, 15) is 22.4 Å². The monoisotopic (exact) mass is 570 g/mol. The van der Waals surface area contributed by atoms with Crippen LogP contribution in [0.25, 0.3) is 5.57 Å². The second-order valence-electron chi connectivity index (χ2n) is 9.38. The number of anilines is 1. The number of sulfonamides is 1. The van der Waals surface area contributed by atoms with Crippen LogP contribution in [-0.4, -0.2) is 88.2 Å². The molecule has 37 heavy (non-hydrogen) atoms. The number of thiophene rings is 1. The summed E-state index contributed by atoms with van der Waals surface area (Å²) in [7, 11) is 2.92. The Labute approximate surface area is 226 Å². The van der Waals surface area contributed by atoms with Crippen molar-refractivity contribution in [1.29, 1.82) is 0 Å². The number of hydrogen-bond acceptors (Lipinski definition) is 6. The third kappa shape index (κ3) is 6.97. The minimum absolute atomic E-state index is 0.0217. The molecule has 0 spiro atoms. The van der Waals surface area contributed by atoms with Crippen molar-refractivity contribution < 1.29 is 22.4 Å². The summed E-state index contributed by atoms with van der Waals surface area (Å²) < 4.78 is 43.8. The van der Waals surface area contributed by atoms with E-state index in [0.717, 1.165) is 10.9 Å². The Hall–Kier alpha value is -2.31. The van der Waals surface area contributed by atoms with Crippen LogP contribution in [0.15, 0.2) is 35.7 Å². The molecular formula is C25H32ClFN4O4S2. The molecule has 1 aromatic heterocycles. The molecule has 1 unspecified atom stereocenters. The maximum atomic E-state index is 15.0. The van der Waals surface area contributed by atoms with Gasteiger partial charge in [0.15, 0.2) is 0 Å². The van der Waals surface area contributed by atoms with Crippen LogP contribution in [0.5, 0.6) is 0 Å². The normalized spacial score (nSPS) is 16.8. The fourth-order valence-electron chi connectivity index (χ4n) is 4.17. The molecule has 1 saturated heterocycles. The SMILES string of the molecule is C/C(=C/S(=O)(=O)N(CCCN(C)C)C1CCN(c2ccc(C(=O)N(C)C)cc2F)C1=O)c1ccc(Cl)s1. The van der Waals surface area contributed by atoms with E-state index in [1.165, 1.54) is 43.0 Å².